The number of hydrogen-bond acceptors (Lipinski definition) is 3. The van der Waals surface area contributed by atoms with Crippen molar-refractivity contribution in [1.82, 2.24) is 0 Å². The van der Waals surface area contributed by atoms with Gasteiger partial charge in [-0.3, -0.25) is 4.79 Å². The molecule has 0 aliphatic carbocycles. The highest BCUT2D eigenvalue weighted by molar-refractivity contribution is 6.03. The minimum atomic E-state index is -0.214. The Morgan fingerprint density at radius 2 is 2.00 bits per heavy atom. The molecular weight excluding hydrogens is 240 g/mol. The molecule has 0 aromatic heterocycles. The van der Waals surface area contributed by atoms with Crippen molar-refractivity contribution < 1.29 is 9.53 Å². The number of benzene rings is 1. The van der Waals surface area contributed by atoms with E-state index >= 15 is 0 Å². The topological polar surface area (TPSA) is 64.3 Å². The zero-order chi connectivity index (χ0) is 14.3. The second-order valence-corrected chi connectivity index (χ2v) is 3.88. The third-order valence-electron chi connectivity index (χ3n) is 2.45. The molecule has 1 rings (SSSR count). The summed E-state index contributed by atoms with van der Waals surface area (Å²) in [5.41, 5.74) is 7.38. The largest absolute Gasteiger partial charge is 0.495 e. The van der Waals surface area contributed by atoms with Gasteiger partial charge in [0.25, 0.3) is 5.91 Å². The maximum atomic E-state index is 11.9. The van der Waals surface area contributed by atoms with Gasteiger partial charge in [-0.05, 0) is 31.2 Å². The average molecular weight is 258 g/mol. The first-order valence-electron chi connectivity index (χ1n) is 5.79. The van der Waals surface area contributed by atoms with Crippen LogP contribution in [0.4, 0.5) is 5.69 Å². The number of allylic oxidation sites excluding steroid dienone is 2. The summed E-state index contributed by atoms with van der Waals surface area (Å²) < 4.78 is 5.02. The first-order chi connectivity index (χ1) is 9.08. The van der Waals surface area contributed by atoms with Crippen LogP contribution in [-0.4, -0.2) is 13.0 Å². The minimum absolute atomic E-state index is 0.214. The summed E-state index contributed by atoms with van der Waals surface area (Å²) in [5.74, 6) is 0.223. The summed E-state index contributed by atoms with van der Waals surface area (Å²) in [6, 6.07) is 9.21. The van der Waals surface area contributed by atoms with Crippen molar-refractivity contribution in [1.29, 1.82) is 0 Å². The van der Waals surface area contributed by atoms with Gasteiger partial charge in [0.2, 0.25) is 0 Å². The van der Waals surface area contributed by atoms with E-state index in [2.05, 4.69) is 11.9 Å². The van der Waals surface area contributed by atoms with Crippen LogP contribution < -0.4 is 11.1 Å². The second kappa shape index (κ2) is 7.06. The van der Waals surface area contributed by atoms with Crippen molar-refractivity contribution in [3.05, 3.63) is 66.1 Å². The molecule has 0 aliphatic heterocycles. The van der Waals surface area contributed by atoms with Gasteiger partial charge in [0, 0.05) is 11.3 Å². The predicted molar refractivity (Wildman–Crippen MR) is 77.2 cm³/mol. The zero-order valence-corrected chi connectivity index (χ0v) is 11.1. The molecule has 0 saturated heterocycles. The Morgan fingerprint density at radius 1 is 1.37 bits per heavy atom. The first-order valence-corrected chi connectivity index (χ1v) is 5.79. The van der Waals surface area contributed by atoms with Crippen LogP contribution in [0.1, 0.15) is 6.92 Å². The van der Waals surface area contributed by atoms with E-state index < -0.39 is 0 Å². The van der Waals surface area contributed by atoms with Gasteiger partial charge in [-0.1, -0.05) is 24.8 Å². The minimum Gasteiger partial charge on any atom is -0.495 e. The van der Waals surface area contributed by atoms with Gasteiger partial charge in [0.05, 0.1) is 12.8 Å². The summed E-state index contributed by atoms with van der Waals surface area (Å²) >= 11 is 0. The Balaban J connectivity index is 2.83. The van der Waals surface area contributed by atoms with E-state index in [1.165, 1.54) is 13.2 Å². The molecule has 0 heterocycles. The predicted octanol–water partition coefficient (Wildman–Crippen LogP) is 2.57. The van der Waals surface area contributed by atoms with Crippen molar-refractivity contribution in [3.63, 3.8) is 0 Å². The van der Waals surface area contributed by atoms with Gasteiger partial charge in [0.1, 0.15) is 5.76 Å². The van der Waals surface area contributed by atoms with Crippen LogP contribution in [-0.2, 0) is 9.53 Å². The van der Waals surface area contributed by atoms with Crippen LogP contribution in [0.15, 0.2) is 66.1 Å². The van der Waals surface area contributed by atoms with Crippen LogP contribution in [0.2, 0.25) is 0 Å². The third-order valence-corrected chi connectivity index (χ3v) is 2.45. The molecule has 1 aromatic rings. The average Bonchev–Trinajstić information content (AvgIpc) is 2.41. The molecule has 19 heavy (non-hydrogen) atoms. The lowest BCUT2D eigenvalue weighted by atomic mass is 10.2. The molecule has 100 valence electrons. The molecular formula is C15H18N2O2. The molecule has 4 nitrogen and oxygen atoms in total. The van der Waals surface area contributed by atoms with E-state index in [1.54, 1.807) is 13.0 Å². The molecule has 0 saturated carbocycles. The molecule has 0 spiro atoms. The number of amides is 1. The van der Waals surface area contributed by atoms with E-state index in [4.69, 9.17) is 10.5 Å². The normalized spacial score (nSPS) is 12.4. The number of anilines is 1. The van der Waals surface area contributed by atoms with Crippen molar-refractivity contribution >= 4 is 11.6 Å². The number of ether oxygens (including phenoxy) is 1. The maximum Gasteiger partial charge on any atom is 0.251 e. The highest BCUT2D eigenvalue weighted by Crippen LogP contribution is 2.10. The molecule has 0 bridgehead atoms. The highest BCUT2D eigenvalue weighted by atomic mass is 16.5. The Hall–Kier alpha value is -2.49. The SMILES string of the molecule is C=C/C(OC)=C(N)\C=C(/C)C(=O)Nc1ccccc1. The van der Waals surface area contributed by atoms with Crippen molar-refractivity contribution in [3.8, 4) is 0 Å². The van der Waals surface area contributed by atoms with Crippen molar-refractivity contribution in [2.24, 2.45) is 5.73 Å². The van der Waals surface area contributed by atoms with E-state index in [9.17, 15) is 4.79 Å². The van der Waals surface area contributed by atoms with Gasteiger partial charge in [-0.2, -0.15) is 0 Å². The second-order valence-electron chi connectivity index (χ2n) is 3.88. The molecule has 0 radical (unpaired) electrons. The van der Waals surface area contributed by atoms with Crippen LogP contribution in [0.25, 0.3) is 0 Å². The lowest BCUT2D eigenvalue weighted by molar-refractivity contribution is -0.112. The fourth-order valence-electron chi connectivity index (χ4n) is 1.44. The number of rotatable bonds is 5. The number of carbonyl (C=O) groups is 1. The van der Waals surface area contributed by atoms with Gasteiger partial charge >= 0.3 is 0 Å². The molecule has 0 aliphatic rings. The monoisotopic (exact) mass is 258 g/mol. The Bertz CT molecular complexity index is 516. The number of hydrogen-bond donors (Lipinski definition) is 2. The fraction of sp³-hybridized carbons (Fsp3) is 0.133. The van der Waals surface area contributed by atoms with Crippen molar-refractivity contribution in [2.75, 3.05) is 12.4 Å². The Morgan fingerprint density at radius 3 is 2.53 bits per heavy atom. The van der Waals surface area contributed by atoms with Crippen LogP contribution >= 0.6 is 0 Å². The van der Waals surface area contributed by atoms with Crippen molar-refractivity contribution in [2.45, 2.75) is 6.92 Å². The molecule has 0 fully saturated rings. The number of carbonyl (C=O) groups excluding carboxylic acids is 1. The fourth-order valence-corrected chi connectivity index (χ4v) is 1.44. The van der Waals surface area contributed by atoms with E-state index in [-0.39, 0.29) is 5.91 Å². The smallest absolute Gasteiger partial charge is 0.251 e. The number of para-hydroxylation sites is 1. The summed E-state index contributed by atoms with van der Waals surface area (Å²) in [4.78, 5) is 11.9. The molecule has 3 N–H and O–H groups in total. The summed E-state index contributed by atoms with van der Waals surface area (Å²) in [7, 11) is 1.50. The van der Waals surface area contributed by atoms with Gasteiger partial charge in [-0.25, -0.2) is 0 Å². The number of methoxy groups -OCH3 is 1. The number of nitrogens with two attached hydrogens (primary N) is 1. The molecule has 1 aromatic carbocycles. The molecule has 1 amide bonds. The lowest BCUT2D eigenvalue weighted by Crippen LogP contribution is -2.13. The van der Waals surface area contributed by atoms with E-state index in [1.807, 2.05) is 30.3 Å². The number of nitrogens with one attached hydrogen (secondary N) is 1. The summed E-state index contributed by atoms with van der Waals surface area (Å²) in [6.45, 7) is 5.26. The van der Waals surface area contributed by atoms with Crippen LogP contribution in [0.5, 0.6) is 0 Å². The van der Waals surface area contributed by atoms with Crippen LogP contribution in [0, 0.1) is 0 Å². The summed E-state index contributed by atoms with van der Waals surface area (Å²) in [5, 5.41) is 2.77. The van der Waals surface area contributed by atoms with E-state index in [0.29, 0.717) is 17.0 Å². The third kappa shape index (κ3) is 4.35. The van der Waals surface area contributed by atoms with Crippen LogP contribution in [0.3, 0.4) is 0 Å². The van der Waals surface area contributed by atoms with E-state index in [0.717, 1.165) is 5.69 Å². The zero-order valence-electron chi connectivity index (χ0n) is 11.1. The quantitative estimate of drug-likeness (QED) is 0.484. The molecule has 4 heteroatoms. The standard InChI is InChI=1S/C15H18N2O2/c1-4-14(19-3)13(16)10-11(2)15(18)17-12-8-6-5-7-9-12/h4-10H,1,16H2,2-3H3,(H,17,18)/b11-10+,14-13-. The Kier molecular flexibility index (Phi) is 5.41. The molecule has 0 unspecified atom stereocenters. The highest BCUT2D eigenvalue weighted by Gasteiger charge is 2.06. The van der Waals surface area contributed by atoms with Gasteiger partial charge in [-0.15, -0.1) is 0 Å². The molecule has 0 atom stereocenters. The summed E-state index contributed by atoms with van der Waals surface area (Å²) in [6.07, 6.45) is 3.05. The van der Waals surface area contributed by atoms with Gasteiger partial charge < -0.3 is 15.8 Å². The lowest BCUT2D eigenvalue weighted by Gasteiger charge is -2.07. The van der Waals surface area contributed by atoms with Gasteiger partial charge in [0.15, 0.2) is 0 Å². The Labute approximate surface area is 113 Å². The maximum absolute atomic E-state index is 11.9. The first kappa shape index (κ1) is 14.6.